The molecule has 11 aromatic heterocycles. The Morgan fingerprint density at radius 2 is 0.426 bits per heavy atom. The van der Waals surface area contributed by atoms with Crippen LogP contribution in [0.15, 0.2) is 475 Å². The van der Waals surface area contributed by atoms with Crippen molar-refractivity contribution in [3.05, 3.63) is 462 Å². The smallest absolute Gasteiger partial charge is 0.144 e. The zero-order chi connectivity index (χ0) is 92.7. The van der Waals surface area contributed by atoms with Crippen LogP contribution in [0.4, 0.5) is 0 Å². The van der Waals surface area contributed by atoms with E-state index in [1.807, 2.05) is 110 Å². The molecule has 0 unspecified atom stereocenters. The minimum Gasteiger partial charge on any atom is -0.455 e. The van der Waals surface area contributed by atoms with Gasteiger partial charge in [-0.25, -0.2) is 19.9 Å². The van der Waals surface area contributed by atoms with E-state index in [4.69, 9.17) is 33.2 Å². The van der Waals surface area contributed by atoms with Crippen LogP contribution in [0.25, 0.3) is 296 Å². The highest BCUT2D eigenvalue weighted by molar-refractivity contribution is 6.34. The first-order chi connectivity index (χ1) is 70.0. The van der Waals surface area contributed by atoms with E-state index in [0.717, 1.165) is 264 Å². The van der Waals surface area contributed by atoms with Crippen LogP contribution >= 0.6 is 0 Å². The molecule has 0 atom stereocenters. The molecule has 30 aromatic rings. The topological polar surface area (TPSA) is 143 Å². The largest absolute Gasteiger partial charge is 0.455 e. The lowest BCUT2D eigenvalue weighted by atomic mass is 9.84. The number of benzene rings is 19. The second-order valence-electron chi connectivity index (χ2n) is 36.0. The third-order valence-corrected chi connectivity index (χ3v) is 28.3. The van der Waals surface area contributed by atoms with Gasteiger partial charge in [-0.2, -0.15) is 0 Å². The molecule has 0 N–H and O–H groups in total. The van der Waals surface area contributed by atoms with Crippen molar-refractivity contribution >= 4 is 195 Å². The second-order valence-corrected chi connectivity index (χ2v) is 36.0. The first-order valence-corrected chi connectivity index (χ1v) is 47.4. The summed E-state index contributed by atoms with van der Waals surface area (Å²) >= 11 is 0. The van der Waals surface area contributed by atoms with E-state index in [0.29, 0.717) is 0 Å². The van der Waals surface area contributed by atoms with Crippen LogP contribution in [-0.2, 0) is 0 Å². The van der Waals surface area contributed by atoms with Gasteiger partial charge in [-0.15, -0.1) is 0 Å². The number of hydrogen-bond acceptors (Lipinski definition) is 11. The third kappa shape index (κ3) is 13.1. The fourth-order valence-electron chi connectivity index (χ4n) is 22.2. The molecule has 0 aliphatic heterocycles. The predicted molar refractivity (Wildman–Crippen MR) is 583 cm³/mol. The van der Waals surface area contributed by atoms with Crippen LogP contribution < -0.4 is 0 Å². The number of aromatic nitrogens is 8. The van der Waals surface area contributed by atoms with Gasteiger partial charge in [-0.05, 0) is 219 Å². The van der Waals surface area contributed by atoms with Gasteiger partial charge in [0.1, 0.15) is 33.5 Å². The summed E-state index contributed by atoms with van der Waals surface area (Å²) in [7, 11) is 0. The monoisotopic (exact) mass is 1800 g/mol. The molecular weight excluding hydrogens is 1720 g/mol. The zero-order valence-corrected chi connectivity index (χ0v) is 75.7. The zero-order valence-electron chi connectivity index (χ0n) is 75.7. The molecule has 0 bridgehead atoms. The number of hydrogen-bond donors (Lipinski definition) is 0. The molecule has 0 fully saturated rings. The molecule has 0 spiro atoms. The van der Waals surface area contributed by atoms with E-state index in [1.165, 1.54) is 32.7 Å². The number of rotatable bonds is 9. The summed E-state index contributed by atoms with van der Waals surface area (Å²) in [4.78, 5) is 38.9. The van der Waals surface area contributed by atoms with E-state index in [2.05, 4.69) is 372 Å². The number of pyridine rings is 8. The van der Waals surface area contributed by atoms with Crippen molar-refractivity contribution < 1.29 is 13.3 Å². The predicted octanol–water partition coefficient (Wildman–Crippen LogP) is 34.8. The Morgan fingerprint density at radius 3 is 0.766 bits per heavy atom. The number of fused-ring (bicyclic) bond motifs is 27. The van der Waals surface area contributed by atoms with Crippen molar-refractivity contribution in [2.24, 2.45) is 0 Å². The first-order valence-electron chi connectivity index (χ1n) is 47.4. The van der Waals surface area contributed by atoms with Crippen LogP contribution in [0.3, 0.4) is 0 Å². The molecular formula is C130H76N8O3. The standard InChI is InChI=1S/C49H29N3O.C43H25N3O.C38H22N2O/c1-3-16-38-36(14-1)45(34-26-32(30-11-9-23-50-28-30)25-33(27-34)31-12-10-24-51-29-31)37-15-2-4-17-39(37)46(38)48-42-22-21-40-35-13-6-8-20-44(35)53-49(40)47(42)41-18-5-7-19-43(41)52-48;1-3-13-30-28(11-1)39(37-18-9-17-35(45-37)26-22-24-44-25-23-26)29-12-2-4-14-31(29)40(30)42-34-21-20-32-27-10-6-8-19-38(27)47-43(32)41(34)33-15-5-7-16-36(33)46-42;1-3-12-27-25(10-1)34(23-19-21-39-22-20-23)26-11-2-4-13-28(26)35(27)37-31-18-17-29-24-9-6-8-16-33(24)41-38(29)36(31)30-14-5-7-15-32(30)40-37/h1-29H;1-25H;1-22H. The van der Waals surface area contributed by atoms with Gasteiger partial charge in [0.15, 0.2) is 0 Å². The minimum atomic E-state index is 0.886. The van der Waals surface area contributed by atoms with Crippen molar-refractivity contribution in [2.75, 3.05) is 0 Å². The van der Waals surface area contributed by atoms with Gasteiger partial charge in [0.05, 0.1) is 45.0 Å². The molecule has 0 saturated carbocycles. The fraction of sp³-hybridized carbons (Fsp3) is 0. The number of furan rings is 3. The van der Waals surface area contributed by atoms with Crippen LogP contribution in [0.2, 0.25) is 0 Å². The molecule has 0 saturated heterocycles. The van der Waals surface area contributed by atoms with Crippen LogP contribution in [0, 0.1) is 0 Å². The summed E-state index contributed by atoms with van der Waals surface area (Å²) in [6.07, 6.45) is 14.8. The highest BCUT2D eigenvalue weighted by Gasteiger charge is 2.29. The number of nitrogens with zero attached hydrogens (tertiary/aromatic N) is 8. The van der Waals surface area contributed by atoms with Crippen molar-refractivity contribution in [1.29, 1.82) is 0 Å². The molecule has 0 aliphatic rings. The summed E-state index contributed by atoms with van der Waals surface area (Å²) in [5.74, 6) is 0. The summed E-state index contributed by atoms with van der Waals surface area (Å²) in [5, 5.41) is 30.3. The van der Waals surface area contributed by atoms with E-state index in [-0.39, 0.29) is 0 Å². The van der Waals surface area contributed by atoms with Gasteiger partial charge in [0.2, 0.25) is 0 Å². The van der Waals surface area contributed by atoms with Crippen LogP contribution in [-0.4, -0.2) is 39.9 Å². The Kier molecular flexibility index (Phi) is 18.7. The molecule has 0 aliphatic carbocycles. The van der Waals surface area contributed by atoms with E-state index < -0.39 is 0 Å². The lowest BCUT2D eigenvalue weighted by Gasteiger charge is -2.20. The van der Waals surface area contributed by atoms with Gasteiger partial charge in [0, 0.05) is 169 Å². The summed E-state index contributed by atoms with van der Waals surface area (Å²) in [6.45, 7) is 0. The van der Waals surface area contributed by atoms with E-state index in [9.17, 15) is 0 Å². The van der Waals surface area contributed by atoms with Gasteiger partial charge < -0.3 is 13.3 Å². The maximum absolute atomic E-state index is 6.68. The maximum atomic E-state index is 6.68. The Morgan fingerprint density at radius 1 is 0.149 bits per heavy atom. The van der Waals surface area contributed by atoms with Crippen LogP contribution in [0.5, 0.6) is 0 Å². The molecule has 19 aromatic carbocycles. The Bertz CT molecular complexity index is 10200. The summed E-state index contributed by atoms with van der Waals surface area (Å²) in [6, 6.07) is 145. The number of para-hydroxylation sites is 6. The lowest BCUT2D eigenvalue weighted by Crippen LogP contribution is -1.96. The SMILES string of the molecule is c1cc(-c2ccncc2)nc(-c2c3ccccc3c(-c3nc4ccccc4c4c3ccc3c5ccccc5oc34)c3ccccc23)c1.c1ccc2c(c1)nc(-c1c3ccccc3c(-c3ccncc3)c3ccccc13)c1ccc3c4ccccc4oc3c12.c1cncc(-c2cc(-c3cccnc3)cc(-c3c4ccccc4c(-c4nc5ccccc5c5c4ccc4c6ccccc6oc45)c4ccccc34)c2)c1. The minimum absolute atomic E-state index is 0.886. The normalized spacial score (nSPS) is 11.8. The Labute approximate surface area is 805 Å². The Hall–Kier alpha value is -19.1. The first kappa shape index (κ1) is 80.4. The van der Waals surface area contributed by atoms with Crippen molar-refractivity contribution in [3.63, 3.8) is 0 Å². The molecule has 11 heteroatoms. The maximum Gasteiger partial charge on any atom is 0.144 e. The van der Waals surface area contributed by atoms with Crippen molar-refractivity contribution in [1.82, 2.24) is 39.9 Å². The van der Waals surface area contributed by atoms with Crippen molar-refractivity contribution in [2.45, 2.75) is 0 Å². The molecule has 0 amide bonds. The highest BCUT2D eigenvalue weighted by Crippen LogP contribution is 2.54. The van der Waals surface area contributed by atoms with Gasteiger partial charge in [-0.1, -0.05) is 291 Å². The average molecular weight is 1800 g/mol. The summed E-state index contributed by atoms with van der Waals surface area (Å²) < 4.78 is 19.9. The Balaban J connectivity index is 0.000000104. The van der Waals surface area contributed by atoms with Gasteiger partial charge >= 0.3 is 0 Å². The van der Waals surface area contributed by atoms with Crippen molar-refractivity contribution in [3.8, 4) is 101 Å². The van der Waals surface area contributed by atoms with E-state index in [1.54, 1.807) is 0 Å². The van der Waals surface area contributed by atoms with Gasteiger partial charge in [-0.3, -0.25) is 19.9 Å². The molecule has 141 heavy (non-hydrogen) atoms. The summed E-state index contributed by atoms with van der Waals surface area (Å²) in [5.41, 5.74) is 27.4. The molecule has 11 nitrogen and oxygen atoms in total. The molecule has 11 heterocycles. The molecule has 0 radical (unpaired) electrons. The third-order valence-electron chi connectivity index (χ3n) is 28.3. The van der Waals surface area contributed by atoms with Gasteiger partial charge in [0.25, 0.3) is 0 Å². The lowest BCUT2D eigenvalue weighted by molar-refractivity contribution is 0.672. The van der Waals surface area contributed by atoms with E-state index >= 15 is 0 Å². The molecule has 30 rings (SSSR count). The second kappa shape index (κ2) is 32.9. The average Bonchev–Trinajstić information content (AvgIpc) is 1.69. The quantitative estimate of drug-likeness (QED) is 0.101. The molecule has 654 valence electrons. The van der Waals surface area contributed by atoms with Crippen LogP contribution in [0.1, 0.15) is 0 Å². The highest BCUT2D eigenvalue weighted by atomic mass is 16.3. The fourth-order valence-corrected chi connectivity index (χ4v) is 22.2.